The van der Waals surface area contributed by atoms with Gasteiger partial charge in [-0.05, 0) is 43.0 Å². The number of ether oxygens (including phenoxy) is 2. The van der Waals surface area contributed by atoms with Crippen LogP contribution in [-0.2, 0) is 9.59 Å². The third-order valence-electron chi connectivity index (χ3n) is 3.75. The van der Waals surface area contributed by atoms with E-state index in [-0.39, 0.29) is 17.7 Å². The van der Waals surface area contributed by atoms with E-state index in [4.69, 9.17) is 9.47 Å². The molecule has 2 rings (SSSR count). The average molecular weight is 346 g/mol. The van der Waals surface area contributed by atoms with Gasteiger partial charge in [0.2, 0.25) is 11.8 Å². The van der Waals surface area contributed by atoms with E-state index in [0.29, 0.717) is 31.2 Å². The van der Waals surface area contributed by atoms with Crippen molar-refractivity contribution in [2.45, 2.75) is 26.2 Å². The summed E-state index contributed by atoms with van der Waals surface area (Å²) in [6.45, 7) is 3.53. The zero-order valence-electron chi connectivity index (χ0n) is 14.8. The molecule has 6 nitrogen and oxygen atoms in total. The van der Waals surface area contributed by atoms with E-state index in [0.717, 1.165) is 24.8 Å². The summed E-state index contributed by atoms with van der Waals surface area (Å²) < 4.78 is 10.9. The van der Waals surface area contributed by atoms with Crippen LogP contribution in [0.3, 0.4) is 0 Å². The van der Waals surface area contributed by atoms with Crippen molar-refractivity contribution >= 4 is 17.9 Å². The first kappa shape index (κ1) is 18.8. The van der Waals surface area contributed by atoms with Crippen LogP contribution in [0, 0.1) is 5.92 Å². The number of amides is 2. The highest BCUT2D eigenvalue weighted by Gasteiger charge is 2.28. The molecule has 0 bridgehead atoms. The fourth-order valence-electron chi connectivity index (χ4n) is 2.21. The van der Waals surface area contributed by atoms with Crippen molar-refractivity contribution < 1.29 is 19.1 Å². The predicted molar refractivity (Wildman–Crippen MR) is 96.6 cm³/mol. The van der Waals surface area contributed by atoms with Gasteiger partial charge in [-0.25, -0.2) is 0 Å². The van der Waals surface area contributed by atoms with Crippen LogP contribution >= 0.6 is 0 Å². The highest BCUT2D eigenvalue weighted by molar-refractivity contribution is 5.91. The van der Waals surface area contributed by atoms with Crippen LogP contribution < -0.4 is 20.1 Å². The molecular formula is C19H26N2O4. The maximum absolute atomic E-state index is 11.8. The minimum absolute atomic E-state index is 0.0854. The molecule has 0 aliphatic heterocycles. The summed E-state index contributed by atoms with van der Waals surface area (Å²) in [5.41, 5.74) is 0.845. The van der Waals surface area contributed by atoms with Crippen molar-refractivity contribution in [1.29, 1.82) is 0 Å². The Hall–Kier alpha value is -2.50. The summed E-state index contributed by atoms with van der Waals surface area (Å²) in [5.74, 6) is 1.40. The number of nitrogens with one attached hydrogen (secondary N) is 2. The van der Waals surface area contributed by atoms with Crippen molar-refractivity contribution in [3.05, 3.63) is 29.8 Å². The Morgan fingerprint density at radius 1 is 1.20 bits per heavy atom. The lowest BCUT2D eigenvalue weighted by atomic mass is 10.2. The zero-order chi connectivity index (χ0) is 18.1. The van der Waals surface area contributed by atoms with Crippen LogP contribution in [0.15, 0.2) is 24.3 Å². The number of carbonyl (C=O) groups excluding carboxylic acids is 2. The second kappa shape index (κ2) is 9.71. The topological polar surface area (TPSA) is 76.7 Å². The minimum atomic E-state index is -0.203. The Morgan fingerprint density at radius 3 is 2.64 bits per heavy atom. The molecule has 1 saturated carbocycles. The molecule has 0 spiro atoms. The van der Waals surface area contributed by atoms with E-state index in [1.807, 2.05) is 25.1 Å². The van der Waals surface area contributed by atoms with Crippen LogP contribution in [0.2, 0.25) is 0 Å². The summed E-state index contributed by atoms with van der Waals surface area (Å²) in [7, 11) is 1.59. The molecule has 136 valence electrons. The Labute approximate surface area is 148 Å². The summed E-state index contributed by atoms with van der Waals surface area (Å²) in [6, 6.07) is 5.53. The number of carbonyl (C=O) groups is 2. The molecule has 0 saturated heterocycles. The molecule has 1 aromatic rings. The van der Waals surface area contributed by atoms with E-state index in [9.17, 15) is 9.59 Å². The lowest BCUT2D eigenvalue weighted by molar-refractivity contribution is -0.122. The standard InChI is InChI=1S/C19H26N2O4/c1-3-12-25-16-8-4-14(13-17(16)24-2)5-9-18(22)20-10-11-21-19(23)15-6-7-15/h4-5,8-9,13,15H,3,6-7,10-12H2,1-2H3,(H,20,22)(H,21,23)/b9-5+. The molecule has 0 aromatic heterocycles. The highest BCUT2D eigenvalue weighted by Crippen LogP contribution is 2.29. The van der Waals surface area contributed by atoms with Gasteiger partial charge in [0.15, 0.2) is 11.5 Å². The third-order valence-corrected chi connectivity index (χ3v) is 3.75. The van der Waals surface area contributed by atoms with Crippen molar-refractivity contribution in [3.63, 3.8) is 0 Å². The molecule has 0 unspecified atom stereocenters. The van der Waals surface area contributed by atoms with Crippen LogP contribution in [0.5, 0.6) is 11.5 Å². The monoisotopic (exact) mass is 346 g/mol. The molecule has 6 heteroatoms. The molecule has 1 fully saturated rings. The molecule has 2 N–H and O–H groups in total. The van der Waals surface area contributed by atoms with E-state index in [2.05, 4.69) is 10.6 Å². The van der Waals surface area contributed by atoms with E-state index in [1.54, 1.807) is 13.2 Å². The minimum Gasteiger partial charge on any atom is -0.493 e. The normalized spacial score (nSPS) is 13.5. The zero-order valence-corrected chi connectivity index (χ0v) is 14.8. The van der Waals surface area contributed by atoms with Crippen LogP contribution in [0.4, 0.5) is 0 Å². The van der Waals surface area contributed by atoms with Crippen LogP contribution in [-0.4, -0.2) is 38.6 Å². The quantitative estimate of drug-likeness (QED) is 0.503. The highest BCUT2D eigenvalue weighted by atomic mass is 16.5. The Kier molecular flexibility index (Phi) is 7.32. The van der Waals surface area contributed by atoms with Crippen molar-refractivity contribution in [2.75, 3.05) is 26.8 Å². The number of hydrogen-bond donors (Lipinski definition) is 2. The molecule has 0 heterocycles. The Morgan fingerprint density at radius 2 is 1.96 bits per heavy atom. The predicted octanol–water partition coefficient (Wildman–Crippen LogP) is 2.14. The number of rotatable bonds is 10. The number of methoxy groups -OCH3 is 1. The first-order valence-corrected chi connectivity index (χ1v) is 8.68. The molecule has 25 heavy (non-hydrogen) atoms. The molecule has 0 radical (unpaired) electrons. The molecule has 2 amide bonds. The van der Waals surface area contributed by atoms with Gasteiger partial charge in [-0.15, -0.1) is 0 Å². The van der Waals surface area contributed by atoms with Gasteiger partial charge < -0.3 is 20.1 Å². The van der Waals surface area contributed by atoms with Gasteiger partial charge in [0.05, 0.1) is 13.7 Å². The second-order valence-corrected chi connectivity index (χ2v) is 5.95. The Balaban J connectivity index is 1.77. The van der Waals surface area contributed by atoms with Crippen LogP contribution in [0.25, 0.3) is 6.08 Å². The van der Waals surface area contributed by atoms with Crippen molar-refractivity contribution in [3.8, 4) is 11.5 Å². The lowest BCUT2D eigenvalue weighted by Gasteiger charge is -2.10. The summed E-state index contributed by atoms with van der Waals surface area (Å²) in [6.07, 6.45) is 6.06. The lowest BCUT2D eigenvalue weighted by Crippen LogP contribution is -2.34. The van der Waals surface area contributed by atoms with Crippen molar-refractivity contribution in [2.24, 2.45) is 5.92 Å². The second-order valence-electron chi connectivity index (χ2n) is 5.95. The molecule has 0 atom stereocenters. The van der Waals surface area contributed by atoms with Gasteiger partial charge in [-0.1, -0.05) is 13.0 Å². The fourth-order valence-corrected chi connectivity index (χ4v) is 2.21. The SMILES string of the molecule is CCCOc1ccc(/C=C/C(=O)NCCNC(=O)C2CC2)cc1OC. The molecule has 1 aliphatic rings. The Bertz CT molecular complexity index is 624. The van der Waals surface area contributed by atoms with Gasteiger partial charge in [0, 0.05) is 25.1 Å². The maximum atomic E-state index is 11.8. The van der Waals surface area contributed by atoms with Gasteiger partial charge in [-0.3, -0.25) is 9.59 Å². The first-order chi connectivity index (χ1) is 12.1. The first-order valence-electron chi connectivity index (χ1n) is 8.68. The van der Waals surface area contributed by atoms with Gasteiger partial charge >= 0.3 is 0 Å². The molecule has 1 aliphatic carbocycles. The molecular weight excluding hydrogens is 320 g/mol. The average Bonchev–Trinajstić information content (AvgIpc) is 3.47. The third kappa shape index (κ3) is 6.49. The van der Waals surface area contributed by atoms with E-state index < -0.39 is 0 Å². The van der Waals surface area contributed by atoms with Crippen molar-refractivity contribution in [1.82, 2.24) is 10.6 Å². The number of hydrogen-bond acceptors (Lipinski definition) is 4. The van der Waals surface area contributed by atoms with Gasteiger partial charge in [-0.2, -0.15) is 0 Å². The maximum Gasteiger partial charge on any atom is 0.244 e. The smallest absolute Gasteiger partial charge is 0.244 e. The van der Waals surface area contributed by atoms with Gasteiger partial charge in [0.25, 0.3) is 0 Å². The van der Waals surface area contributed by atoms with Gasteiger partial charge in [0.1, 0.15) is 0 Å². The number of benzene rings is 1. The van der Waals surface area contributed by atoms with E-state index >= 15 is 0 Å². The fraction of sp³-hybridized carbons (Fsp3) is 0.474. The van der Waals surface area contributed by atoms with E-state index in [1.165, 1.54) is 6.08 Å². The summed E-state index contributed by atoms with van der Waals surface area (Å²) in [5, 5.41) is 5.54. The molecule has 1 aromatic carbocycles. The summed E-state index contributed by atoms with van der Waals surface area (Å²) >= 11 is 0. The summed E-state index contributed by atoms with van der Waals surface area (Å²) in [4.78, 5) is 23.3. The largest absolute Gasteiger partial charge is 0.493 e. The van der Waals surface area contributed by atoms with Crippen LogP contribution in [0.1, 0.15) is 31.7 Å².